The Bertz CT molecular complexity index is 499. The van der Waals surface area contributed by atoms with Crippen LogP contribution in [0.3, 0.4) is 0 Å². The van der Waals surface area contributed by atoms with Crippen LogP contribution < -0.4 is 0 Å². The first-order valence-electron chi connectivity index (χ1n) is 10.7. The van der Waals surface area contributed by atoms with Crippen molar-refractivity contribution < 1.29 is 28.4 Å². The van der Waals surface area contributed by atoms with Crippen molar-refractivity contribution in [1.29, 1.82) is 0 Å². The van der Waals surface area contributed by atoms with Crippen LogP contribution in [-0.2, 0) is 28.4 Å². The number of hydrogen-bond acceptors (Lipinski definition) is 6. The SMILES string of the molecule is CCO[C@@H]1[C@H]2OC3(CCCCC3)O[C@@H]2O[C@@H]1[C@@H]1COC2(CCCCC2)O1. The van der Waals surface area contributed by atoms with Gasteiger partial charge in [-0.2, -0.15) is 0 Å². The molecule has 0 aromatic carbocycles. The zero-order valence-electron chi connectivity index (χ0n) is 15.8. The zero-order chi connectivity index (χ0) is 17.6. The van der Waals surface area contributed by atoms with Crippen molar-refractivity contribution >= 4 is 0 Å². The average Bonchev–Trinajstić information content (AvgIpc) is 3.30. The minimum Gasteiger partial charge on any atom is -0.373 e. The molecule has 5 rings (SSSR count). The fraction of sp³-hybridized carbons (Fsp3) is 1.00. The highest BCUT2D eigenvalue weighted by atomic mass is 16.9. The lowest BCUT2D eigenvalue weighted by atomic mass is 9.94. The molecule has 3 aliphatic heterocycles. The van der Waals surface area contributed by atoms with E-state index in [-0.39, 0.29) is 30.7 Å². The van der Waals surface area contributed by atoms with Crippen molar-refractivity contribution in [2.24, 2.45) is 0 Å². The third-order valence-electron chi connectivity index (χ3n) is 6.72. The molecule has 3 heterocycles. The quantitative estimate of drug-likeness (QED) is 0.762. The van der Waals surface area contributed by atoms with Crippen LogP contribution in [0.25, 0.3) is 0 Å². The van der Waals surface area contributed by atoms with Crippen LogP contribution in [0.2, 0.25) is 0 Å². The molecule has 148 valence electrons. The fourth-order valence-corrected chi connectivity index (χ4v) is 5.46. The Labute approximate surface area is 155 Å². The molecule has 0 bridgehead atoms. The van der Waals surface area contributed by atoms with E-state index < -0.39 is 11.6 Å². The molecule has 0 unspecified atom stereocenters. The van der Waals surface area contributed by atoms with E-state index in [9.17, 15) is 0 Å². The summed E-state index contributed by atoms with van der Waals surface area (Å²) >= 11 is 0. The largest absolute Gasteiger partial charge is 0.373 e. The predicted octanol–water partition coefficient (Wildman–Crippen LogP) is 3.27. The van der Waals surface area contributed by atoms with Gasteiger partial charge in [0.1, 0.15) is 24.4 Å². The van der Waals surface area contributed by atoms with Gasteiger partial charge in [0, 0.05) is 32.3 Å². The molecule has 0 aromatic heterocycles. The van der Waals surface area contributed by atoms with Crippen molar-refractivity contribution in [3.8, 4) is 0 Å². The molecule has 5 aliphatic rings. The highest BCUT2D eigenvalue weighted by Gasteiger charge is 2.61. The summed E-state index contributed by atoms with van der Waals surface area (Å²) in [5.74, 6) is -0.849. The number of rotatable bonds is 3. The van der Waals surface area contributed by atoms with Gasteiger partial charge in [0.05, 0.1) is 6.61 Å². The van der Waals surface area contributed by atoms with Crippen LogP contribution in [0.1, 0.15) is 71.1 Å². The molecule has 26 heavy (non-hydrogen) atoms. The molecule has 0 amide bonds. The third kappa shape index (κ3) is 3.03. The Balaban J connectivity index is 1.29. The molecule has 6 heteroatoms. The first kappa shape index (κ1) is 17.8. The number of fused-ring (bicyclic) bond motifs is 1. The molecule has 6 nitrogen and oxygen atoms in total. The summed E-state index contributed by atoms with van der Waals surface area (Å²) in [5.41, 5.74) is 0. The summed E-state index contributed by atoms with van der Waals surface area (Å²) < 4.78 is 37.7. The summed E-state index contributed by atoms with van der Waals surface area (Å²) in [5, 5.41) is 0. The molecule has 3 saturated heterocycles. The predicted molar refractivity (Wildman–Crippen MR) is 92.5 cm³/mol. The van der Waals surface area contributed by atoms with E-state index in [1.165, 1.54) is 25.7 Å². The molecule has 0 aromatic rings. The zero-order valence-corrected chi connectivity index (χ0v) is 15.8. The Morgan fingerprint density at radius 3 is 2.19 bits per heavy atom. The maximum Gasteiger partial charge on any atom is 0.190 e. The molecule has 2 saturated carbocycles. The van der Waals surface area contributed by atoms with E-state index in [2.05, 4.69) is 0 Å². The van der Waals surface area contributed by atoms with Crippen LogP contribution in [0.15, 0.2) is 0 Å². The van der Waals surface area contributed by atoms with Crippen molar-refractivity contribution in [3.63, 3.8) is 0 Å². The van der Waals surface area contributed by atoms with Crippen molar-refractivity contribution in [1.82, 2.24) is 0 Å². The minimum atomic E-state index is -0.453. The summed E-state index contributed by atoms with van der Waals surface area (Å²) in [7, 11) is 0. The van der Waals surface area contributed by atoms with E-state index in [4.69, 9.17) is 28.4 Å². The van der Waals surface area contributed by atoms with Gasteiger partial charge in [0.25, 0.3) is 0 Å². The summed E-state index contributed by atoms with van der Waals surface area (Å²) in [6.07, 6.45) is 10.1. The summed E-state index contributed by atoms with van der Waals surface area (Å²) in [6, 6.07) is 0. The fourth-order valence-electron chi connectivity index (χ4n) is 5.46. The maximum atomic E-state index is 6.44. The highest BCUT2D eigenvalue weighted by Crippen LogP contribution is 2.48. The molecule has 2 aliphatic carbocycles. The lowest BCUT2D eigenvalue weighted by Gasteiger charge is -2.35. The summed E-state index contributed by atoms with van der Waals surface area (Å²) in [6.45, 7) is 3.22. The number of hydrogen-bond donors (Lipinski definition) is 0. The molecule has 2 spiro atoms. The minimum absolute atomic E-state index is 0.107. The second-order valence-corrected chi connectivity index (χ2v) is 8.50. The van der Waals surface area contributed by atoms with E-state index in [0.717, 1.165) is 38.5 Å². The van der Waals surface area contributed by atoms with Crippen molar-refractivity contribution in [3.05, 3.63) is 0 Å². The van der Waals surface area contributed by atoms with Gasteiger partial charge in [0.2, 0.25) is 0 Å². The van der Waals surface area contributed by atoms with E-state index in [1.807, 2.05) is 6.92 Å². The van der Waals surface area contributed by atoms with Crippen LogP contribution in [-0.4, -0.2) is 55.5 Å². The van der Waals surface area contributed by atoms with Gasteiger partial charge < -0.3 is 28.4 Å². The molecular formula is C20H32O6. The lowest BCUT2D eigenvalue weighted by molar-refractivity contribution is -0.262. The van der Waals surface area contributed by atoms with Gasteiger partial charge in [-0.25, -0.2) is 0 Å². The standard InChI is InChI=1S/C20H32O6/c1-2-21-16-15(14-13-22-19(24-14)9-5-3-6-10-19)23-18-17(16)25-20(26-18)11-7-4-8-12-20/h14-18H,2-13H2,1H3/t14-,15+,16-,17+,18-/m0/s1. The Kier molecular flexibility index (Phi) is 4.78. The van der Waals surface area contributed by atoms with Gasteiger partial charge in [-0.3, -0.25) is 0 Å². The molecule has 0 radical (unpaired) electrons. The van der Waals surface area contributed by atoms with E-state index in [1.54, 1.807) is 0 Å². The Hall–Kier alpha value is -0.240. The third-order valence-corrected chi connectivity index (χ3v) is 6.72. The molecule has 5 fully saturated rings. The smallest absolute Gasteiger partial charge is 0.190 e. The maximum absolute atomic E-state index is 6.44. The van der Waals surface area contributed by atoms with Crippen molar-refractivity contribution in [2.45, 2.75) is 113 Å². The van der Waals surface area contributed by atoms with Gasteiger partial charge in [-0.05, 0) is 32.6 Å². The van der Waals surface area contributed by atoms with E-state index >= 15 is 0 Å². The molecule has 0 N–H and O–H groups in total. The van der Waals surface area contributed by atoms with Crippen LogP contribution in [0.5, 0.6) is 0 Å². The Morgan fingerprint density at radius 1 is 0.808 bits per heavy atom. The highest BCUT2D eigenvalue weighted by molar-refractivity contribution is 5.01. The summed E-state index contributed by atoms with van der Waals surface area (Å²) in [4.78, 5) is 0. The first-order valence-corrected chi connectivity index (χ1v) is 10.7. The van der Waals surface area contributed by atoms with Gasteiger partial charge >= 0.3 is 0 Å². The van der Waals surface area contributed by atoms with E-state index in [0.29, 0.717) is 13.2 Å². The van der Waals surface area contributed by atoms with Gasteiger partial charge in [-0.15, -0.1) is 0 Å². The second kappa shape index (κ2) is 6.98. The lowest BCUT2D eigenvalue weighted by Crippen LogP contribution is -2.45. The van der Waals surface area contributed by atoms with Crippen LogP contribution in [0.4, 0.5) is 0 Å². The topological polar surface area (TPSA) is 55.4 Å². The molecular weight excluding hydrogens is 336 g/mol. The average molecular weight is 368 g/mol. The second-order valence-electron chi connectivity index (χ2n) is 8.50. The number of ether oxygens (including phenoxy) is 6. The normalized spacial score (nSPS) is 44.0. The van der Waals surface area contributed by atoms with Gasteiger partial charge in [0.15, 0.2) is 17.9 Å². The van der Waals surface area contributed by atoms with Crippen LogP contribution in [0, 0.1) is 0 Å². The van der Waals surface area contributed by atoms with Crippen molar-refractivity contribution in [2.75, 3.05) is 13.2 Å². The van der Waals surface area contributed by atoms with Crippen LogP contribution >= 0.6 is 0 Å². The first-order chi connectivity index (χ1) is 12.7. The van der Waals surface area contributed by atoms with Gasteiger partial charge in [-0.1, -0.05) is 12.8 Å². The molecule has 5 atom stereocenters. The Morgan fingerprint density at radius 2 is 1.50 bits per heavy atom. The monoisotopic (exact) mass is 368 g/mol.